The standard InChI is InChI=1S/C12H15ClN2/c1-3-10(14)12-7(2)15-11-5-4-8(13)6-9(11)12/h4-6,10,15H,3,14H2,1-2H3. The second kappa shape index (κ2) is 3.87. The van der Waals surface area contributed by atoms with E-state index in [9.17, 15) is 0 Å². The minimum absolute atomic E-state index is 0.0808. The molecule has 1 atom stereocenters. The zero-order chi connectivity index (χ0) is 11.0. The van der Waals surface area contributed by atoms with Crippen molar-refractivity contribution < 1.29 is 0 Å². The molecule has 0 radical (unpaired) electrons. The van der Waals surface area contributed by atoms with Crippen LogP contribution in [0.5, 0.6) is 0 Å². The number of halogens is 1. The molecule has 0 bridgehead atoms. The lowest BCUT2D eigenvalue weighted by Crippen LogP contribution is -2.09. The number of aromatic amines is 1. The van der Waals surface area contributed by atoms with Gasteiger partial charge in [0.1, 0.15) is 0 Å². The van der Waals surface area contributed by atoms with E-state index >= 15 is 0 Å². The molecule has 0 amide bonds. The zero-order valence-electron chi connectivity index (χ0n) is 8.97. The van der Waals surface area contributed by atoms with Crippen LogP contribution in [0.4, 0.5) is 0 Å². The van der Waals surface area contributed by atoms with Gasteiger partial charge < -0.3 is 10.7 Å². The summed E-state index contributed by atoms with van der Waals surface area (Å²) < 4.78 is 0. The van der Waals surface area contributed by atoms with Gasteiger partial charge in [0.05, 0.1) is 0 Å². The van der Waals surface area contributed by atoms with E-state index in [2.05, 4.69) is 18.8 Å². The van der Waals surface area contributed by atoms with Crippen LogP contribution in [0.1, 0.15) is 30.6 Å². The highest BCUT2D eigenvalue weighted by Gasteiger charge is 2.13. The Kier molecular flexibility index (Phi) is 2.72. The molecule has 0 saturated carbocycles. The molecule has 2 aromatic rings. The maximum Gasteiger partial charge on any atom is 0.0460 e. The lowest BCUT2D eigenvalue weighted by atomic mass is 10.0. The fraction of sp³-hybridized carbons (Fsp3) is 0.333. The molecule has 0 aliphatic heterocycles. The summed E-state index contributed by atoms with van der Waals surface area (Å²) in [5, 5.41) is 1.90. The second-order valence-corrected chi connectivity index (χ2v) is 4.30. The number of aromatic nitrogens is 1. The third-order valence-corrected chi connectivity index (χ3v) is 3.04. The van der Waals surface area contributed by atoms with Crippen molar-refractivity contribution in [2.24, 2.45) is 5.73 Å². The van der Waals surface area contributed by atoms with Gasteiger partial charge >= 0.3 is 0 Å². The maximum atomic E-state index is 6.09. The van der Waals surface area contributed by atoms with Gasteiger partial charge in [0.15, 0.2) is 0 Å². The molecular formula is C12H15ClN2. The quantitative estimate of drug-likeness (QED) is 0.802. The normalized spacial score (nSPS) is 13.3. The predicted octanol–water partition coefficient (Wildman–Crippen LogP) is 3.54. The molecule has 1 unspecified atom stereocenters. The van der Waals surface area contributed by atoms with Crippen LogP contribution in [-0.2, 0) is 0 Å². The van der Waals surface area contributed by atoms with Gasteiger partial charge in [0.25, 0.3) is 0 Å². The molecule has 15 heavy (non-hydrogen) atoms. The Bertz CT molecular complexity index is 488. The van der Waals surface area contributed by atoms with E-state index in [4.69, 9.17) is 17.3 Å². The minimum Gasteiger partial charge on any atom is -0.358 e. The van der Waals surface area contributed by atoms with E-state index in [0.717, 1.165) is 28.0 Å². The number of aryl methyl sites for hydroxylation is 1. The molecule has 1 aromatic heterocycles. The van der Waals surface area contributed by atoms with E-state index in [1.54, 1.807) is 0 Å². The summed E-state index contributed by atoms with van der Waals surface area (Å²) in [6.45, 7) is 4.15. The van der Waals surface area contributed by atoms with Crippen molar-refractivity contribution in [1.29, 1.82) is 0 Å². The van der Waals surface area contributed by atoms with Gasteiger partial charge in [0.2, 0.25) is 0 Å². The largest absolute Gasteiger partial charge is 0.358 e. The van der Waals surface area contributed by atoms with Crippen molar-refractivity contribution in [3.63, 3.8) is 0 Å². The molecule has 0 spiro atoms. The predicted molar refractivity (Wildman–Crippen MR) is 65.3 cm³/mol. The number of fused-ring (bicyclic) bond motifs is 1. The smallest absolute Gasteiger partial charge is 0.0460 e. The third kappa shape index (κ3) is 1.75. The van der Waals surface area contributed by atoms with Gasteiger partial charge in [-0.25, -0.2) is 0 Å². The van der Waals surface area contributed by atoms with Gasteiger partial charge in [-0.1, -0.05) is 18.5 Å². The fourth-order valence-electron chi connectivity index (χ4n) is 2.00. The summed E-state index contributed by atoms with van der Waals surface area (Å²) in [7, 11) is 0. The molecule has 0 saturated heterocycles. The number of benzene rings is 1. The van der Waals surface area contributed by atoms with Gasteiger partial charge in [-0.15, -0.1) is 0 Å². The van der Waals surface area contributed by atoms with Crippen LogP contribution in [0.15, 0.2) is 18.2 Å². The summed E-state index contributed by atoms with van der Waals surface area (Å²) in [6.07, 6.45) is 0.931. The summed E-state index contributed by atoms with van der Waals surface area (Å²) in [6, 6.07) is 5.94. The first kappa shape index (κ1) is 10.5. The van der Waals surface area contributed by atoms with Gasteiger partial charge in [-0.2, -0.15) is 0 Å². The zero-order valence-corrected chi connectivity index (χ0v) is 9.73. The van der Waals surface area contributed by atoms with Crippen LogP contribution in [0.3, 0.4) is 0 Å². The number of hydrogen-bond acceptors (Lipinski definition) is 1. The fourth-order valence-corrected chi connectivity index (χ4v) is 2.17. The van der Waals surface area contributed by atoms with Crippen LogP contribution in [0, 0.1) is 6.92 Å². The van der Waals surface area contributed by atoms with E-state index in [0.29, 0.717) is 0 Å². The Morgan fingerprint density at radius 1 is 1.47 bits per heavy atom. The minimum atomic E-state index is 0.0808. The second-order valence-electron chi connectivity index (χ2n) is 3.87. The average Bonchev–Trinajstić information content (AvgIpc) is 2.52. The van der Waals surface area contributed by atoms with Crippen molar-refractivity contribution in [2.45, 2.75) is 26.3 Å². The van der Waals surface area contributed by atoms with E-state index in [-0.39, 0.29) is 6.04 Å². The van der Waals surface area contributed by atoms with Crippen LogP contribution < -0.4 is 5.73 Å². The highest BCUT2D eigenvalue weighted by molar-refractivity contribution is 6.31. The first-order valence-corrected chi connectivity index (χ1v) is 5.54. The topological polar surface area (TPSA) is 41.8 Å². The lowest BCUT2D eigenvalue weighted by Gasteiger charge is -2.09. The number of nitrogens with two attached hydrogens (primary N) is 1. The Morgan fingerprint density at radius 3 is 2.87 bits per heavy atom. The van der Waals surface area contributed by atoms with Crippen LogP contribution in [0.25, 0.3) is 10.9 Å². The first-order chi connectivity index (χ1) is 7.13. The summed E-state index contributed by atoms with van der Waals surface area (Å²) in [4.78, 5) is 3.33. The van der Waals surface area contributed by atoms with Gasteiger partial charge in [-0.3, -0.25) is 0 Å². The monoisotopic (exact) mass is 222 g/mol. The van der Waals surface area contributed by atoms with Crippen molar-refractivity contribution in [3.8, 4) is 0 Å². The lowest BCUT2D eigenvalue weighted by molar-refractivity contribution is 0.699. The highest BCUT2D eigenvalue weighted by Crippen LogP contribution is 2.29. The summed E-state index contributed by atoms with van der Waals surface area (Å²) >= 11 is 5.99. The molecule has 1 heterocycles. The average molecular weight is 223 g/mol. The molecule has 0 aliphatic rings. The summed E-state index contributed by atoms with van der Waals surface area (Å²) in [5.74, 6) is 0. The molecule has 0 aliphatic carbocycles. The van der Waals surface area contributed by atoms with Crippen molar-refractivity contribution >= 4 is 22.5 Å². The molecule has 2 rings (SSSR count). The van der Waals surface area contributed by atoms with E-state index < -0.39 is 0 Å². The Morgan fingerprint density at radius 2 is 2.20 bits per heavy atom. The third-order valence-electron chi connectivity index (χ3n) is 2.81. The van der Waals surface area contributed by atoms with Gasteiger partial charge in [0, 0.05) is 27.7 Å². The number of nitrogens with one attached hydrogen (secondary N) is 1. The molecule has 1 aromatic carbocycles. The maximum absolute atomic E-state index is 6.09. The first-order valence-electron chi connectivity index (χ1n) is 5.16. The van der Waals surface area contributed by atoms with Crippen molar-refractivity contribution in [1.82, 2.24) is 4.98 Å². The highest BCUT2D eigenvalue weighted by atomic mass is 35.5. The SMILES string of the molecule is CCC(N)c1c(C)[nH]c2ccc(Cl)cc12. The number of H-pyrrole nitrogens is 1. The van der Waals surface area contributed by atoms with Crippen LogP contribution >= 0.6 is 11.6 Å². The Balaban J connectivity index is 2.70. The van der Waals surface area contributed by atoms with Crippen molar-refractivity contribution in [3.05, 3.63) is 34.5 Å². The molecule has 0 fully saturated rings. The van der Waals surface area contributed by atoms with Crippen LogP contribution in [0.2, 0.25) is 5.02 Å². The Labute approximate surface area is 94.4 Å². The number of rotatable bonds is 2. The van der Waals surface area contributed by atoms with Crippen LogP contribution in [-0.4, -0.2) is 4.98 Å². The number of hydrogen-bond donors (Lipinski definition) is 2. The molecular weight excluding hydrogens is 208 g/mol. The molecule has 80 valence electrons. The van der Waals surface area contributed by atoms with Gasteiger partial charge in [-0.05, 0) is 37.1 Å². The van der Waals surface area contributed by atoms with E-state index in [1.807, 2.05) is 18.2 Å². The molecule has 3 heteroatoms. The molecule has 3 N–H and O–H groups in total. The molecule has 2 nitrogen and oxygen atoms in total. The summed E-state index contributed by atoms with van der Waals surface area (Å²) in [5.41, 5.74) is 9.53. The van der Waals surface area contributed by atoms with E-state index in [1.165, 1.54) is 5.56 Å². The van der Waals surface area contributed by atoms with Crippen molar-refractivity contribution in [2.75, 3.05) is 0 Å². The Hall–Kier alpha value is -0.990.